The Bertz CT molecular complexity index is 906. The van der Waals surface area contributed by atoms with E-state index < -0.39 is 4.87 Å². The number of esters is 1. The maximum atomic E-state index is 11.6. The van der Waals surface area contributed by atoms with E-state index in [1.807, 2.05) is 36.4 Å². The zero-order chi connectivity index (χ0) is 26.8. The topological polar surface area (TPSA) is 60.3 Å². The Labute approximate surface area is 229 Å². The largest absolute Gasteiger partial charge is 0.494 e. The van der Waals surface area contributed by atoms with E-state index in [0.29, 0.717) is 6.61 Å². The second-order valence-electron chi connectivity index (χ2n) is 10.1. The first-order valence-corrected chi connectivity index (χ1v) is 14.4. The van der Waals surface area contributed by atoms with Crippen LogP contribution in [0.5, 0.6) is 5.75 Å². The van der Waals surface area contributed by atoms with Gasteiger partial charge in [0.25, 0.3) is 0 Å². The van der Waals surface area contributed by atoms with Crippen molar-refractivity contribution < 1.29 is 14.3 Å². The minimum absolute atomic E-state index is 0.341. The van der Waals surface area contributed by atoms with Crippen molar-refractivity contribution in [3.8, 4) is 5.75 Å². The summed E-state index contributed by atoms with van der Waals surface area (Å²) in [7, 11) is 0. The molecule has 0 saturated carbocycles. The number of ether oxygens (including phenoxy) is 2. The average Bonchev–Trinajstić information content (AvgIpc) is 2.89. The zero-order valence-corrected chi connectivity index (χ0v) is 23.8. The number of rotatable bonds is 19. The zero-order valence-electron chi connectivity index (χ0n) is 23.0. The predicted octanol–water partition coefficient (Wildman–Crippen LogP) is 9.89. The Morgan fingerprint density at radius 1 is 0.730 bits per heavy atom. The van der Waals surface area contributed by atoms with Crippen LogP contribution in [0, 0.1) is 0 Å². The van der Waals surface area contributed by atoms with Crippen LogP contribution < -0.4 is 4.74 Å². The third-order valence-corrected chi connectivity index (χ3v) is 6.30. The number of hydrogen-bond acceptors (Lipinski definition) is 5. The molecule has 0 bridgehead atoms. The number of carbonyl (C=O) groups excluding carboxylic acids is 1. The lowest BCUT2D eigenvalue weighted by molar-refractivity contribution is -0.146. The Balaban J connectivity index is 1.50. The average molecular weight is 529 g/mol. The van der Waals surface area contributed by atoms with Crippen LogP contribution in [0.2, 0.25) is 0 Å². The molecule has 0 aliphatic heterocycles. The van der Waals surface area contributed by atoms with Gasteiger partial charge in [-0.2, -0.15) is 10.2 Å². The van der Waals surface area contributed by atoms with Gasteiger partial charge in [-0.1, -0.05) is 70.4 Å². The van der Waals surface area contributed by atoms with Crippen LogP contribution >= 0.6 is 11.6 Å². The molecule has 37 heavy (non-hydrogen) atoms. The van der Waals surface area contributed by atoms with Crippen molar-refractivity contribution in [1.29, 1.82) is 0 Å². The first kappa shape index (κ1) is 30.8. The number of unbranched alkanes of at least 4 members (excludes halogenated alkanes) is 9. The van der Waals surface area contributed by atoms with Crippen molar-refractivity contribution >= 4 is 28.9 Å². The van der Waals surface area contributed by atoms with Gasteiger partial charge in [0.2, 0.25) is 0 Å². The molecule has 0 radical (unpaired) electrons. The fourth-order valence-corrected chi connectivity index (χ4v) is 3.88. The van der Waals surface area contributed by atoms with Crippen LogP contribution in [-0.2, 0) is 16.0 Å². The molecule has 6 heteroatoms. The van der Waals surface area contributed by atoms with E-state index in [1.165, 1.54) is 56.9 Å². The third-order valence-electron chi connectivity index (χ3n) is 6.15. The van der Waals surface area contributed by atoms with Gasteiger partial charge in [0.1, 0.15) is 10.6 Å². The van der Waals surface area contributed by atoms with Crippen LogP contribution in [0.3, 0.4) is 0 Å². The number of nitrogens with zero attached hydrogens (tertiary/aromatic N) is 2. The molecule has 204 valence electrons. The van der Waals surface area contributed by atoms with Gasteiger partial charge >= 0.3 is 5.97 Å². The van der Waals surface area contributed by atoms with E-state index >= 15 is 0 Å². The lowest BCUT2D eigenvalue weighted by atomic mass is 10.1. The molecule has 0 N–H and O–H groups in total. The summed E-state index contributed by atoms with van der Waals surface area (Å²) in [6.07, 6.45) is 13.9. The molecule has 0 aliphatic rings. The third kappa shape index (κ3) is 14.2. The summed E-state index contributed by atoms with van der Waals surface area (Å²) in [4.78, 5) is 10.6. The van der Waals surface area contributed by atoms with E-state index in [9.17, 15) is 4.79 Å². The first-order valence-electron chi connectivity index (χ1n) is 14.0. The standard InChI is InChI=1S/C31H45ClN2O3/c1-4-5-12-15-26-16-18-27(19-17-26)33-34-28-20-22-29(23-21-28)36-24-13-10-8-6-7-9-11-14-25-37-30(35)31(2,3)32/h16-23H,4-15,24-25H2,1-3H3. The van der Waals surface area contributed by atoms with Gasteiger partial charge in [0.05, 0.1) is 24.6 Å². The Kier molecular flexibility index (Phi) is 15.0. The van der Waals surface area contributed by atoms with E-state index in [2.05, 4.69) is 29.3 Å². The maximum Gasteiger partial charge on any atom is 0.326 e. The summed E-state index contributed by atoms with van der Waals surface area (Å²) < 4.78 is 11.0. The van der Waals surface area contributed by atoms with Gasteiger partial charge in [-0.3, -0.25) is 4.79 Å². The Hall–Kier alpha value is -2.40. The lowest BCUT2D eigenvalue weighted by Gasteiger charge is -2.14. The van der Waals surface area contributed by atoms with Gasteiger partial charge in [0.15, 0.2) is 0 Å². The monoisotopic (exact) mass is 528 g/mol. The molecule has 0 aromatic heterocycles. The summed E-state index contributed by atoms with van der Waals surface area (Å²) >= 11 is 5.92. The quantitative estimate of drug-likeness (QED) is 0.0788. The van der Waals surface area contributed by atoms with Crippen molar-refractivity contribution in [2.75, 3.05) is 13.2 Å². The van der Waals surface area contributed by atoms with Crippen molar-refractivity contribution in [2.24, 2.45) is 10.2 Å². The highest BCUT2D eigenvalue weighted by molar-refractivity contribution is 6.33. The highest BCUT2D eigenvalue weighted by atomic mass is 35.5. The molecule has 5 nitrogen and oxygen atoms in total. The molecule has 0 heterocycles. The smallest absolute Gasteiger partial charge is 0.326 e. The summed E-state index contributed by atoms with van der Waals surface area (Å²) in [6, 6.07) is 16.1. The van der Waals surface area contributed by atoms with Crippen LogP contribution in [0.4, 0.5) is 11.4 Å². The number of carbonyl (C=O) groups is 1. The molecular weight excluding hydrogens is 484 g/mol. The molecule has 0 fully saturated rings. The molecule has 0 aliphatic carbocycles. The van der Waals surface area contributed by atoms with E-state index in [0.717, 1.165) is 49.4 Å². The van der Waals surface area contributed by atoms with Gasteiger partial charge < -0.3 is 9.47 Å². The van der Waals surface area contributed by atoms with Crippen molar-refractivity contribution in [3.63, 3.8) is 0 Å². The second kappa shape index (κ2) is 18.0. The lowest BCUT2D eigenvalue weighted by Crippen LogP contribution is -2.27. The number of azo groups is 1. The SMILES string of the molecule is CCCCCc1ccc(N=Nc2ccc(OCCCCCCCCCCOC(=O)C(C)(C)Cl)cc2)cc1. The van der Waals surface area contributed by atoms with Crippen LogP contribution in [0.1, 0.15) is 97.0 Å². The fraction of sp³-hybridized carbons (Fsp3) is 0.581. The molecule has 2 rings (SSSR count). The summed E-state index contributed by atoms with van der Waals surface area (Å²) in [6.45, 7) is 6.73. The summed E-state index contributed by atoms with van der Waals surface area (Å²) in [5, 5.41) is 8.69. The fourth-order valence-electron chi connectivity index (χ4n) is 3.82. The van der Waals surface area contributed by atoms with Crippen molar-refractivity contribution in [1.82, 2.24) is 0 Å². The van der Waals surface area contributed by atoms with Crippen LogP contribution in [0.15, 0.2) is 58.8 Å². The minimum Gasteiger partial charge on any atom is -0.494 e. The normalized spacial score (nSPS) is 11.7. The second-order valence-corrected chi connectivity index (χ2v) is 11.0. The van der Waals surface area contributed by atoms with Crippen LogP contribution in [-0.4, -0.2) is 24.1 Å². The molecule has 0 amide bonds. The summed E-state index contributed by atoms with van der Waals surface area (Å²) in [5.74, 6) is 0.529. The maximum absolute atomic E-state index is 11.6. The Morgan fingerprint density at radius 3 is 1.78 bits per heavy atom. The molecular formula is C31H45ClN2O3. The minimum atomic E-state index is -0.931. The van der Waals surface area contributed by atoms with Crippen LogP contribution in [0.25, 0.3) is 0 Å². The molecule has 2 aromatic rings. The molecule has 0 spiro atoms. The van der Waals surface area contributed by atoms with E-state index in [4.69, 9.17) is 21.1 Å². The van der Waals surface area contributed by atoms with Gasteiger partial charge in [-0.05, 0) is 81.5 Å². The van der Waals surface area contributed by atoms with Gasteiger partial charge in [-0.15, -0.1) is 11.6 Å². The van der Waals surface area contributed by atoms with Crippen molar-refractivity contribution in [2.45, 2.75) is 103 Å². The molecule has 0 unspecified atom stereocenters. The van der Waals surface area contributed by atoms with Gasteiger partial charge in [-0.25, -0.2) is 0 Å². The highest BCUT2D eigenvalue weighted by Crippen LogP contribution is 2.22. The van der Waals surface area contributed by atoms with E-state index in [1.54, 1.807) is 13.8 Å². The van der Waals surface area contributed by atoms with E-state index in [-0.39, 0.29) is 5.97 Å². The number of benzene rings is 2. The highest BCUT2D eigenvalue weighted by Gasteiger charge is 2.25. The first-order chi connectivity index (χ1) is 17.9. The molecule has 0 saturated heterocycles. The number of hydrogen-bond donors (Lipinski definition) is 0. The predicted molar refractivity (Wildman–Crippen MR) is 154 cm³/mol. The molecule has 2 aromatic carbocycles. The number of aryl methyl sites for hydroxylation is 1. The Morgan fingerprint density at radius 2 is 1.24 bits per heavy atom. The molecule has 0 atom stereocenters. The number of halogens is 1. The van der Waals surface area contributed by atoms with Gasteiger partial charge in [0, 0.05) is 0 Å². The van der Waals surface area contributed by atoms with Crippen molar-refractivity contribution in [3.05, 3.63) is 54.1 Å². The number of alkyl halides is 1. The summed E-state index contributed by atoms with van der Waals surface area (Å²) in [5.41, 5.74) is 3.05.